The maximum absolute atomic E-state index is 12.6. The van der Waals surface area contributed by atoms with Crippen LogP contribution in [0, 0.1) is 6.92 Å². The number of carbonyl (C=O) groups is 1. The number of halogens is 2. The highest BCUT2D eigenvalue weighted by molar-refractivity contribution is 5.95. The van der Waals surface area contributed by atoms with Crippen molar-refractivity contribution in [3.8, 4) is 11.5 Å². The molecule has 2 atom stereocenters. The quantitative estimate of drug-likeness (QED) is 0.850. The van der Waals surface area contributed by atoms with E-state index >= 15 is 0 Å². The number of hydrogen-bond donors (Lipinski definition) is 2. The summed E-state index contributed by atoms with van der Waals surface area (Å²) in [6.45, 7) is 1.87. The van der Waals surface area contributed by atoms with Gasteiger partial charge in [-0.2, -0.15) is 0 Å². The lowest BCUT2D eigenvalue weighted by Gasteiger charge is -2.29. The monoisotopic (exact) mass is 383 g/mol. The van der Waals surface area contributed by atoms with Gasteiger partial charge in [-0.05, 0) is 56.9 Å². The molecule has 2 bridgehead atoms. The van der Waals surface area contributed by atoms with E-state index in [4.69, 9.17) is 4.42 Å². The third-order valence-corrected chi connectivity index (χ3v) is 4.91. The number of rotatable bonds is 3. The van der Waals surface area contributed by atoms with Crippen molar-refractivity contribution < 1.29 is 9.21 Å². The van der Waals surface area contributed by atoms with Gasteiger partial charge >= 0.3 is 0 Å². The van der Waals surface area contributed by atoms with Gasteiger partial charge in [0.2, 0.25) is 0 Å². The zero-order valence-electron chi connectivity index (χ0n) is 14.0. The molecule has 2 aliphatic rings. The molecule has 0 radical (unpaired) electrons. The van der Waals surface area contributed by atoms with E-state index in [2.05, 4.69) is 15.6 Å². The van der Waals surface area contributed by atoms with Gasteiger partial charge in [0.05, 0.1) is 17.5 Å². The number of aryl methyl sites for hydroxylation is 1. The van der Waals surface area contributed by atoms with Gasteiger partial charge in [-0.1, -0.05) is 0 Å². The average Bonchev–Trinajstić information content (AvgIpc) is 3.17. The zero-order chi connectivity index (χ0) is 15.8. The molecular weight excluding hydrogens is 361 g/mol. The number of piperidine rings is 1. The van der Waals surface area contributed by atoms with Crippen LogP contribution in [0.15, 0.2) is 34.9 Å². The number of aromatic nitrogens is 1. The minimum absolute atomic E-state index is 0. The van der Waals surface area contributed by atoms with Crippen LogP contribution in [0.25, 0.3) is 11.5 Å². The van der Waals surface area contributed by atoms with E-state index in [0.717, 1.165) is 30.0 Å². The fourth-order valence-corrected chi connectivity index (χ4v) is 3.80. The van der Waals surface area contributed by atoms with Crippen molar-refractivity contribution in [3.63, 3.8) is 0 Å². The minimum atomic E-state index is -0.0210. The Morgan fingerprint density at radius 3 is 2.52 bits per heavy atom. The molecule has 0 spiro atoms. The molecule has 25 heavy (non-hydrogen) atoms. The number of furan rings is 1. The van der Waals surface area contributed by atoms with Crippen molar-refractivity contribution >= 4 is 30.7 Å². The first-order chi connectivity index (χ1) is 11.2. The molecule has 2 fully saturated rings. The van der Waals surface area contributed by atoms with Crippen LogP contribution in [0.5, 0.6) is 0 Å². The molecule has 2 aromatic rings. The van der Waals surface area contributed by atoms with Crippen molar-refractivity contribution in [1.29, 1.82) is 0 Å². The lowest BCUT2D eigenvalue weighted by Crippen LogP contribution is -2.48. The number of pyridine rings is 1. The Morgan fingerprint density at radius 2 is 1.92 bits per heavy atom. The highest BCUT2D eigenvalue weighted by Crippen LogP contribution is 2.27. The van der Waals surface area contributed by atoms with Gasteiger partial charge in [-0.15, -0.1) is 24.8 Å². The smallest absolute Gasteiger partial charge is 0.253 e. The predicted molar refractivity (Wildman–Crippen MR) is 102 cm³/mol. The maximum Gasteiger partial charge on any atom is 0.253 e. The molecule has 7 heteroatoms. The summed E-state index contributed by atoms with van der Waals surface area (Å²) < 4.78 is 5.36. The van der Waals surface area contributed by atoms with Gasteiger partial charge < -0.3 is 15.1 Å². The summed E-state index contributed by atoms with van der Waals surface area (Å²) in [4.78, 5) is 17.1. The van der Waals surface area contributed by atoms with Crippen LogP contribution in [0.4, 0.5) is 0 Å². The molecule has 2 N–H and O–H groups in total. The minimum Gasteiger partial charge on any atom is -0.463 e. The van der Waals surface area contributed by atoms with Gasteiger partial charge in [0, 0.05) is 18.1 Å². The number of fused-ring (bicyclic) bond motifs is 2. The number of nitrogens with one attached hydrogen (secondary N) is 2. The van der Waals surface area contributed by atoms with Crippen molar-refractivity contribution in [1.82, 2.24) is 15.6 Å². The Labute approximate surface area is 159 Å². The van der Waals surface area contributed by atoms with E-state index < -0.39 is 0 Å². The Kier molecular flexibility index (Phi) is 6.49. The lowest BCUT2D eigenvalue weighted by atomic mass is 9.99. The molecule has 2 saturated heterocycles. The normalized spacial score (nSPS) is 24.1. The number of amides is 1. The van der Waals surface area contributed by atoms with E-state index in [0.29, 0.717) is 17.6 Å². The van der Waals surface area contributed by atoms with Gasteiger partial charge in [-0.25, -0.2) is 4.98 Å². The van der Waals surface area contributed by atoms with E-state index in [9.17, 15) is 4.79 Å². The summed E-state index contributed by atoms with van der Waals surface area (Å²) in [6, 6.07) is 8.78. The van der Waals surface area contributed by atoms with Crippen molar-refractivity contribution in [2.24, 2.45) is 0 Å². The van der Waals surface area contributed by atoms with Crippen LogP contribution in [0.1, 0.15) is 41.7 Å². The molecule has 0 saturated carbocycles. The topological polar surface area (TPSA) is 67.2 Å². The largest absolute Gasteiger partial charge is 0.463 e. The Bertz CT molecular complexity index is 709. The van der Waals surface area contributed by atoms with Crippen LogP contribution in [0.2, 0.25) is 0 Å². The van der Waals surface area contributed by atoms with Crippen molar-refractivity contribution in [2.45, 2.75) is 50.7 Å². The zero-order valence-corrected chi connectivity index (χ0v) is 15.7. The number of hydrogen-bond acceptors (Lipinski definition) is 4. The summed E-state index contributed by atoms with van der Waals surface area (Å²) in [5, 5.41) is 6.78. The van der Waals surface area contributed by atoms with Crippen molar-refractivity contribution in [3.05, 3.63) is 41.8 Å². The molecule has 136 valence electrons. The highest BCUT2D eigenvalue weighted by atomic mass is 35.5. The van der Waals surface area contributed by atoms with Gasteiger partial charge in [0.25, 0.3) is 5.91 Å². The van der Waals surface area contributed by atoms with Gasteiger partial charge in [-0.3, -0.25) is 4.79 Å². The lowest BCUT2D eigenvalue weighted by molar-refractivity contribution is 0.0923. The molecule has 0 aliphatic carbocycles. The molecule has 0 aromatic carbocycles. The Balaban J connectivity index is 0.00000113. The number of nitrogens with zero attached hydrogens (tertiary/aromatic N) is 1. The maximum atomic E-state index is 12.6. The second-order valence-electron chi connectivity index (χ2n) is 6.59. The summed E-state index contributed by atoms with van der Waals surface area (Å²) in [5.74, 6) is 0.697. The van der Waals surface area contributed by atoms with Crippen LogP contribution < -0.4 is 10.6 Å². The highest BCUT2D eigenvalue weighted by Gasteiger charge is 2.34. The molecule has 2 unspecified atom stereocenters. The summed E-state index contributed by atoms with van der Waals surface area (Å²) in [6.07, 6.45) is 6.14. The second-order valence-corrected chi connectivity index (χ2v) is 6.59. The first-order valence-electron chi connectivity index (χ1n) is 8.27. The number of carbonyl (C=O) groups excluding carboxylic acids is 1. The van der Waals surface area contributed by atoms with E-state index in [1.54, 1.807) is 6.26 Å². The fraction of sp³-hybridized carbons (Fsp3) is 0.444. The van der Waals surface area contributed by atoms with Crippen LogP contribution in [-0.4, -0.2) is 29.0 Å². The summed E-state index contributed by atoms with van der Waals surface area (Å²) in [5.41, 5.74) is 2.13. The molecule has 1 amide bonds. The summed E-state index contributed by atoms with van der Waals surface area (Å²) >= 11 is 0. The van der Waals surface area contributed by atoms with E-state index in [1.807, 2.05) is 31.2 Å². The Morgan fingerprint density at radius 1 is 1.20 bits per heavy atom. The van der Waals surface area contributed by atoms with Crippen LogP contribution >= 0.6 is 24.8 Å². The SMILES string of the molecule is Cc1nc(-c2ccco2)ccc1C(=O)NC1CC2CCC(C1)N2.Cl.Cl. The third kappa shape index (κ3) is 4.17. The van der Waals surface area contributed by atoms with Gasteiger partial charge in [0.1, 0.15) is 5.69 Å². The molecule has 2 aliphatic heterocycles. The van der Waals surface area contributed by atoms with Crippen LogP contribution in [0.3, 0.4) is 0 Å². The van der Waals surface area contributed by atoms with E-state index in [1.165, 1.54) is 12.8 Å². The third-order valence-electron chi connectivity index (χ3n) is 4.91. The second kappa shape index (κ2) is 8.21. The van der Waals surface area contributed by atoms with Crippen LogP contribution in [-0.2, 0) is 0 Å². The average molecular weight is 384 g/mol. The molecule has 2 aromatic heterocycles. The first kappa shape index (κ1) is 19.8. The first-order valence-corrected chi connectivity index (χ1v) is 8.27. The van der Waals surface area contributed by atoms with Crippen molar-refractivity contribution in [2.75, 3.05) is 0 Å². The predicted octanol–water partition coefficient (Wildman–Crippen LogP) is 3.51. The molecule has 4 rings (SSSR count). The molecule has 4 heterocycles. The standard InChI is InChI=1S/C18H21N3O2.2ClH/c1-11-15(6-7-16(19-11)17-3-2-8-23-17)18(22)21-14-9-12-4-5-13(10-14)20-12;;/h2-3,6-8,12-14,20H,4-5,9-10H2,1H3,(H,21,22);2*1H. The molecular formula is C18H23Cl2N3O2. The van der Waals surface area contributed by atoms with E-state index in [-0.39, 0.29) is 36.8 Å². The summed E-state index contributed by atoms with van der Waals surface area (Å²) in [7, 11) is 0. The van der Waals surface area contributed by atoms with Gasteiger partial charge in [0.15, 0.2) is 5.76 Å². The molecule has 5 nitrogen and oxygen atoms in total. The Hall–Kier alpha value is -1.56. The fourth-order valence-electron chi connectivity index (χ4n) is 3.80.